The molecule has 1 aliphatic heterocycles. The molecule has 1 amide bonds. The quantitative estimate of drug-likeness (QED) is 0.731. The van der Waals surface area contributed by atoms with Gasteiger partial charge >= 0.3 is 0 Å². The number of nitriles is 1. The zero-order valence-electron chi connectivity index (χ0n) is 8.49. The lowest BCUT2D eigenvalue weighted by Gasteiger charge is -2.21. The normalized spacial score (nSPS) is 22.8. The number of amides is 1. The van der Waals surface area contributed by atoms with Crippen molar-refractivity contribution in [2.75, 3.05) is 25.2 Å². The van der Waals surface area contributed by atoms with E-state index in [2.05, 4.69) is 11.4 Å². The van der Waals surface area contributed by atoms with E-state index in [-0.39, 0.29) is 17.9 Å². The molecule has 0 bridgehead atoms. The van der Waals surface area contributed by atoms with Gasteiger partial charge < -0.3 is 4.90 Å². The van der Waals surface area contributed by atoms with Gasteiger partial charge in [0.1, 0.15) is 0 Å². The van der Waals surface area contributed by atoms with Crippen LogP contribution in [0.4, 0.5) is 0 Å². The predicted octanol–water partition coefficient (Wildman–Crippen LogP) is 0.267. The summed E-state index contributed by atoms with van der Waals surface area (Å²) in [5.74, 6) is 1.68. The van der Waals surface area contributed by atoms with Gasteiger partial charge in [0.2, 0.25) is 5.91 Å². The first kappa shape index (κ1) is 11.3. The third-order valence-electron chi connectivity index (χ3n) is 2.16. The average molecular weight is 213 g/mol. The van der Waals surface area contributed by atoms with Crippen molar-refractivity contribution in [1.29, 1.82) is 5.26 Å². The van der Waals surface area contributed by atoms with Crippen LogP contribution in [0.25, 0.3) is 0 Å². The van der Waals surface area contributed by atoms with E-state index in [0.29, 0.717) is 6.54 Å². The summed E-state index contributed by atoms with van der Waals surface area (Å²) in [5, 5.41) is 11.7. The van der Waals surface area contributed by atoms with E-state index < -0.39 is 0 Å². The number of hydrogen-bond acceptors (Lipinski definition) is 4. The Labute approximate surface area is 88.6 Å². The van der Waals surface area contributed by atoms with Gasteiger partial charge in [0.05, 0.1) is 18.0 Å². The average Bonchev–Trinajstić information content (AvgIpc) is 2.69. The highest BCUT2D eigenvalue weighted by atomic mass is 32.2. The maximum Gasteiger partial charge on any atom is 0.240 e. The number of rotatable bonds is 3. The highest BCUT2D eigenvalue weighted by Gasteiger charge is 2.25. The number of nitrogens with zero attached hydrogens (tertiary/aromatic N) is 2. The molecule has 0 radical (unpaired) electrons. The molecule has 1 aliphatic rings. The third kappa shape index (κ3) is 2.89. The Morgan fingerprint density at radius 1 is 1.86 bits per heavy atom. The van der Waals surface area contributed by atoms with Crippen LogP contribution < -0.4 is 5.32 Å². The molecule has 78 valence electrons. The molecule has 0 aromatic heterocycles. The summed E-state index contributed by atoms with van der Waals surface area (Å²) in [4.78, 5) is 13.4. The van der Waals surface area contributed by atoms with E-state index in [1.165, 1.54) is 0 Å². The molecule has 1 saturated heterocycles. The number of likely N-dealkylation sites (N-methyl/N-ethyl adjacent to an activating group) is 1. The van der Waals surface area contributed by atoms with Crippen molar-refractivity contribution in [3.05, 3.63) is 0 Å². The van der Waals surface area contributed by atoms with Gasteiger partial charge in [-0.2, -0.15) is 5.26 Å². The molecule has 1 N–H and O–H groups in total. The van der Waals surface area contributed by atoms with Gasteiger partial charge in [-0.25, -0.2) is 0 Å². The van der Waals surface area contributed by atoms with Crippen molar-refractivity contribution in [1.82, 2.24) is 10.2 Å². The molecule has 4 nitrogen and oxygen atoms in total. The molecular formula is C9H15N3OS. The van der Waals surface area contributed by atoms with E-state index >= 15 is 0 Å². The summed E-state index contributed by atoms with van der Waals surface area (Å²) in [5.41, 5.74) is 0. The summed E-state index contributed by atoms with van der Waals surface area (Å²) < 4.78 is 0. The van der Waals surface area contributed by atoms with Crippen LogP contribution in [0.3, 0.4) is 0 Å². The fourth-order valence-electron chi connectivity index (χ4n) is 1.36. The SMILES string of the molecule is CC(C#N)CN(C)C(=O)C1CSCN1. The van der Waals surface area contributed by atoms with Gasteiger partial charge in [-0.15, -0.1) is 11.8 Å². The topological polar surface area (TPSA) is 56.1 Å². The molecule has 0 spiro atoms. The number of thioether (sulfide) groups is 1. The van der Waals surface area contributed by atoms with Crippen LogP contribution in [0.2, 0.25) is 0 Å². The zero-order valence-corrected chi connectivity index (χ0v) is 9.30. The third-order valence-corrected chi connectivity index (χ3v) is 3.10. The fraction of sp³-hybridized carbons (Fsp3) is 0.778. The highest BCUT2D eigenvalue weighted by Crippen LogP contribution is 2.11. The zero-order chi connectivity index (χ0) is 10.6. The minimum atomic E-state index is -0.0991. The minimum absolute atomic E-state index is 0.0594. The van der Waals surface area contributed by atoms with Crippen LogP contribution >= 0.6 is 11.8 Å². The second-order valence-corrected chi connectivity index (χ2v) is 4.55. The van der Waals surface area contributed by atoms with Crippen LogP contribution in [-0.4, -0.2) is 42.1 Å². The molecule has 1 fully saturated rings. The molecule has 0 aromatic rings. The van der Waals surface area contributed by atoms with E-state index in [0.717, 1.165) is 11.6 Å². The van der Waals surface area contributed by atoms with Crippen molar-refractivity contribution < 1.29 is 4.79 Å². The molecule has 14 heavy (non-hydrogen) atoms. The molecule has 0 aliphatic carbocycles. The monoisotopic (exact) mass is 213 g/mol. The largest absolute Gasteiger partial charge is 0.343 e. The Hall–Kier alpha value is -0.730. The van der Waals surface area contributed by atoms with Gasteiger partial charge in [0, 0.05) is 25.2 Å². The van der Waals surface area contributed by atoms with Crippen molar-refractivity contribution in [3.8, 4) is 6.07 Å². The molecule has 1 rings (SSSR count). The van der Waals surface area contributed by atoms with Crippen LogP contribution in [0.15, 0.2) is 0 Å². The van der Waals surface area contributed by atoms with Crippen molar-refractivity contribution in [2.45, 2.75) is 13.0 Å². The summed E-state index contributed by atoms with van der Waals surface area (Å²) in [7, 11) is 1.75. The van der Waals surface area contributed by atoms with Gasteiger partial charge in [-0.3, -0.25) is 10.1 Å². The highest BCUT2D eigenvalue weighted by molar-refractivity contribution is 7.99. The molecule has 0 saturated carbocycles. The van der Waals surface area contributed by atoms with Gasteiger partial charge in [-0.1, -0.05) is 0 Å². The summed E-state index contributed by atoms with van der Waals surface area (Å²) in [6.07, 6.45) is 0. The smallest absolute Gasteiger partial charge is 0.240 e. The maximum absolute atomic E-state index is 11.7. The number of nitrogens with one attached hydrogen (secondary N) is 1. The summed E-state index contributed by atoms with van der Waals surface area (Å²) in [6, 6.07) is 2.06. The number of carbonyl (C=O) groups is 1. The lowest BCUT2D eigenvalue weighted by Crippen LogP contribution is -2.44. The molecule has 1 heterocycles. The van der Waals surface area contributed by atoms with E-state index in [1.54, 1.807) is 23.7 Å². The molecule has 2 atom stereocenters. The first-order valence-corrected chi connectivity index (χ1v) is 5.76. The number of carbonyl (C=O) groups excluding carboxylic acids is 1. The Morgan fingerprint density at radius 2 is 2.57 bits per heavy atom. The van der Waals surface area contributed by atoms with Crippen LogP contribution in [0, 0.1) is 17.2 Å². The first-order chi connectivity index (χ1) is 6.65. The lowest BCUT2D eigenvalue weighted by molar-refractivity contribution is -0.131. The maximum atomic E-state index is 11.7. The minimum Gasteiger partial charge on any atom is -0.343 e. The fourth-order valence-corrected chi connectivity index (χ4v) is 2.29. The summed E-state index contributed by atoms with van der Waals surface area (Å²) in [6.45, 7) is 2.33. The predicted molar refractivity (Wildman–Crippen MR) is 56.7 cm³/mol. The van der Waals surface area contributed by atoms with Gasteiger partial charge in [0.25, 0.3) is 0 Å². The summed E-state index contributed by atoms with van der Waals surface area (Å²) >= 11 is 1.73. The molecule has 0 aromatic carbocycles. The van der Waals surface area contributed by atoms with Crippen molar-refractivity contribution in [3.63, 3.8) is 0 Å². The Bertz CT molecular complexity index is 245. The van der Waals surface area contributed by atoms with Crippen LogP contribution in [-0.2, 0) is 4.79 Å². The Morgan fingerprint density at radius 3 is 3.07 bits per heavy atom. The van der Waals surface area contributed by atoms with E-state index in [9.17, 15) is 4.79 Å². The van der Waals surface area contributed by atoms with Crippen LogP contribution in [0.5, 0.6) is 0 Å². The van der Waals surface area contributed by atoms with E-state index in [4.69, 9.17) is 5.26 Å². The first-order valence-electron chi connectivity index (χ1n) is 4.61. The molecule has 5 heteroatoms. The van der Waals surface area contributed by atoms with Gasteiger partial charge in [-0.05, 0) is 6.92 Å². The van der Waals surface area contributed by atoms with Crippen molar-refractivity contribution in [2.24, 2.45) is 5.92 Å². The second-order valence-electron chi connectivity index (χ2n) is 3.52. The number of hydrogen-bond donors (Lipinski definition) is 1. The van der Waals surface area contributed by atoms with Gasteiger partial charge in [0.15, 0.2) is 0 Å². The molecule has 2 unspecified atom stereocenters. The Kier molecular flexibility index (Phi) is 4.23. The Balaban J connectivity index is 2.40. The van der Waals surface area contributed by atoms with E-state index in [1.807, 2.05) is 6.92 Å². The van der Waals surface area contributed by atoms with Crippen molar-refractivity contribution >= 4 is 17.7 Å². The second kappa shape index (κ2) is 5.23. The molecular weight excluding hydrogens is 198 g/mol. The standard InChI is InChI=1S/C9H15N3OS/c1-7(3-10)4-12(2)9(13)8-5-14-6-11-8/h7-8,11H,4-6H2,1-2H3. The van der Waals surface area contributed by atoms with Crippen LogP contribution in [0.1, 0.15) is 6.92 Å². The lowest BCUT2D eigenvalue weighted by atomic mass is 10.2.